The minimum absolute atomic E-state index is 0.0670. The van der Waals surface area contributed by atoms with E-state index in [2.05, 4.69) is 53.6 Å². The standard InChI is InChI=1S/C17H21N3OS3/c1-3-22-16-19-20-17(24-16)23-10-14(21)18-15(13-8-9-13)12-6-4-11(2)5-7-12/h4-7,13,15H,3,8-10H2,1-2H3,(H,18,21). The van der Waals surface area contributed by atoms with Crippen LogP contribution in [0.4, 0.5) is 0 Å². The number of aromatic nitrogens is 2. The lowest BCUT2D eigenvalue weighted by Gasteiger charge is -2.18. The number of hydrogen-bond acceptors (Lipinski definition) is 6. The fourth-order valence-corrected chi connectivity index (χ4v) is 5.18. The molecule has 3 rings (SSSR count). The van der Waals surface area contributed by atoms with Gasteiger partial charge in [-0.1, -0.05) is 71.6 Å². The van der Waals surface area contributed by atoms with Crippen LogP contribution in [0.15, 0.2) is 32.9 Å². The Labute approximate surface area is 155 Å². The van der Waals surface area contributed by atoms with Gasteiger partial charge in [0.15, 0.2) is 8.68 Å². The van der Waals surface area contributed by atoms with Gasteiger partial charge >= 0.3 is 0 Å². The minimum Gasteiger partial charge on any atom is -0.348 e. The topological polar surface area (TPSA) is 54.9 Å². The van der Waals surface area contributed by atoms with Gasteiger partial charge in [0.2, 0.25) is 5.91 Å². The molecule has 24 heavy (non-hydrogen) atoms. The number of benzene rings is 1. The summed E-state index contributed by atoms with van der Waals surface area (Å²) in [5, 5.41) is 11.5. The van der Waals surface area contributed by atoms with Crippen molar-refractivity contribution >= 4 is 40.8 Å². The van der Waals surface area contributed by atoms with Crippen LogP contribution >= 0.6 is 34.9 Å². The molecule has 1 aliphatic rings. The van der Waals surface area contributed by atoms with Crippen LogP contribution in [-0.2, 0) is 4.79 Å². The van der Waals surface area contributed by atoms with E-state index in [9.17, 15) is 4.79 Å². The van der Waals surface area contributed by atoms with Gasteiger partial charge in [-0.25, -0.2) is 0 Å². The summed E-state index contributed by atoms with van der Waals surface area (Å²) in [5.74, 6) is 2.02. The first-order valence-corrected chi connectivity index (χ1v) is 10.9. The number of thioether (sulfide) groups is 2. The number of nitrogens with one attached hydrogen (secondary N) is 1. The average molecular weight is 380 g/mol. The molecule has 1 aliphatic carbocycles. The van der Waals surface area contributed by atoms with Crippen LogP contribution in [-0.4, -0.2) is 27.6 Å². The van der Waals surface area contributed by atoms with Crippen molar-refractivity contribution in [3.63, 3.8) is 0 Å². The molecule has 1 unspecified atom stereocenters. The number of nitrogens with zero attached hydrogens (tertiary/aromatic N) is 2. The van der Waals surface area contributed by atoms with E-state index in [-0.39, 0.29) is 11.9 Å². The summed E-state index contributed by atoms with van der Waals surface area (Å²) in [7, 11) is 0. The van der Waals surface area contributed by atoms with E-state index < -0.39 is 0 Å². The van der Waals surface area contributed by atoms with Gasteiger partial charge < -0.3 is 5.32 Å². The second-order valence-electron chi connectivity index (χ2n) is 5.85. The van der Waals surface area contributed by atoms with Crippen LogP contribution in [0.3, 0.4) is 0 Å². The number of carbonyl (C=O) groups excluding carboxylic acids is 1. The molecular weight excluding hydrogens is 358 g/mol. The molecule has 1 N–H and O–H groups in total. The van der Waals surface area contributed by atoms with Crippen molar-refractivity contribution in [1.82, 2.24) is 15.5 Å². The molecule has 0 spiro atoms. The van der Waals surface area contributed by atoms with Crippen LogP contribution in [0.2, 0.25) is 0 Å². The third-order valence-corrected chi connectivity index (χ3v) is 6.90. The van der Waals surface area contributed by atoms with Crippen LogP contribution in [0.1, 0.15) is 36.9 Å². The fraction of sp³-hybridized carbons (Fsp3) is 0.471. The van der Waals surface area contributed by atoms with Gasteiger partial charge in [0.25, 0.3) is 0 Å². The molecule has 128 valence electrons. The fourth-order valence-electron chi connectivity index (χ4n) is 2.46. The molecule has 2 aromatic rings. The predicted octanol–water partition coefficient (Wildman–Crippen LogP) is 4.32. The highest BCUT2D eigenvalue weighted by Crippen LogP contribution is 2.41. The minimum atomic E-state index is 0.0670. The van der Waals surface area contributed by atoms with E-state index in [1.54, 1.807) is 23.1 Å². The van der Waals surface area contributed by atoms with Crippen molar-refractivity contribution in [3.05, 3.63) is 35.4 Å². The lowest BCUT2D eigenvalue weighted by molar-refractivity contribution is -0.119. The average Bonchev–Trinajstić information content (AvgIpc) is 3.32. The smallest absolute Gasteiger partial charge is 0.230 e. The van der Waals surface area contributed by atoms with E-state index in [1.165, 1.54) is 35.7 Å². The summed E-state index contributed by atoms with van der Waals surface area (Å²) in [4.78, 5) is 12.4. The molecular formula is C17H21N3OS3. The first kappa shape index (κ1) is 17.8. The van der Waals surface area contributed by atoms with Gasteiger partial charge in [-0.3, -0.25) is 4.79 Å². The second-order valence-corrected chi connectivity index (χ2v) is 9.56. The zero-order valence-corrected chi connectivity index (χ0v) is 16.3. The molecule has 0 saturated heterocycles. The lowest BCUT2D eigenvalue weighted by atomic mass is 10.0. The lowest BCUT2D eigenvalue weighted by Crippen LogP contribution is -2.31. The quantitative estimate of drug-likeness (QED) is 0.692. The Hall–Kier alpha value is -1.05. The highest BCUT2D eigenvalue weighted by Gasteiger charge is 2.33. The molecule has 1 amide bonds. The number of carbonyl (C=O) groups is 1. The molecule has 0 radical (unpaired) electrons. The van der Waals surface area contributed by atoms with E-state index in [0.717, 1.165) is 14.4 Å². The Morgan fingerprint density at radius 1 is 1.25 bits per heavy atom. The van der Waals surface area contributed by atoms with Crippen LogP contribution in [0.25, 0.3) is 0 Å². The molecule has 0 aliphatic heterocycles. The van der Waals surface area contributed by atoms with Gasteiger partial charge in [-0.15, -0.1) is 10.2 Å². The van der Waals surface area contributed by atoms with Crippen molar-refractivity contribution in [2.75, 3.05) is 11.5 Å². The molecule has 1 saturated carbocycles. The van der Waals surface area contributed by atoms with Crippen LogP contribution in [0, 0.1) is 12.8 Å². The molecule has 1 fully saturated rings. The van der Waals surface area contributed by atoms with E-state index in [0.29, 0.717) is 11.7 Å². The zero-order chi connectivity index (χ0) is 16.9. The molecule has 1 aromatic carbocycles. The van der Waals surface area contributed by atoms with Crippen molar-refractivity contribution in [1.29, 1.82) is 0 Å². The third kappa shape index (κ3) is 4.97. The van der Waals surface area contributed by atoms with Crippen molar-refractivity contribution in [2.24, 2.45) is 5.92 Å². The Bertz CT molecular complexity index is 683. The van der Waals surface area contributed by atoms with E-state index in [1.807, 2.05) is 0 Å². The number of hydrogen-bond donors (Lipinski definition) is 1. The van der Waals surface area contributed by atoms with Crippen molar-refractivity contribution in [2.45, 2.75) is 41.4 Å². The summed E-state index contributed by atoms with van der Waals surface area (Å²) in [6.45, 7) is 4.17. The SMILES string of the molecule is CCSc1nnc(SCC(=O)NC(c2ccc(C)cc2)C2CC2)s1. The Balaban J connectivity index is 1.54. The van der Waals surface area contributed by atoms with Crippen molar-refractivity contribution < 1.29 is 4.79 Å². The normalized spacial score (nSPS) is 15.2. The summed E-state index contributed by atoms with van der Waals surface area (Å²) < 4.78 is 1.83. The molecule has 1 atom stereocenters. The zero-order valence-electron chi connectivity index (χ0n) is 13.8. The summed E-state index contributed by atoms with van der Waals surface area (Å²) in [6, 6.07) is 8.62. The molecule has 7 heteroatoms. The summed E-state index contributed by atoms with van der Waals surface area (Å²) in [6.07, 6.45) is 2.39. The van der Waals surface area contributed by atoms with Gasteiger partial charge in [0, 0.05) is 0 Å². The summed E-state index contributed by atoms with van der Waals surface area (Å²) >= 11 is 4.71. The Kier molecular flexibility index (Phi) is 6.19. The molecule has 1 aromatic heterocycles. The first-order chi connectivity index (χ1) is 11.7. The third-order valence-electron chi connectivity index (χ3n) is 3.83. The maximum Gasteiger partial charge on any atom is 0.230 e. The Morgan fingerprint density at radius 3 is 2.54 bits per heavy atom. The monoisotopic (exact) mass is 379 g/mol. The maximum atomic E-state index is 12.4. The molecule has 0 bridgehead atoms. The maximum absolute atomic E-state index is 12.4. The van der Waals surface area contributed by atoms with Gasteiger partial charge in [-0.2, -0.15) is 0 Å². The van der Waals surface area contributed by atoms with Crippen LogP contribution < -0.4 is 5.32 Å². The molecule has 1 heterocycles. The van der Waals surface area contributed by atoms with E-state index in [4.69, 9.17) is 0 Å². The van der Waals surface area contributed by atoms with Gasteiger partial charge in [0.1, 0.15) is 0 Å². The highest BCUT2D eigenvalue weighted by atomic mass is 32.2. The highest BCUT2D eigenvalue weighted by molar-refractivity contribution is 8.03. The Morgan fingerprint density at radius 2 is 1.92 bits per heavy atom. The second kappa shape index (κ2) is 8.36. The number of rotatable bonds is 8. The first-order valence-electron chi connectivity index (χ1n) is 8.10. The predicted molar refractivity (Wildman–Crippen MR) is 102 cm³/mol. The number of amides is 1. The molecule has 4 nitrogen and oxygen atoms in total. The van der Waals surface area contributed by atoms with Gasteiger partial charge in [0.05, 0.1) is 11.8 Å². The largest absolute Gasteiger partial charge is 0.348 e. The van der Waals surface area contributed by atoms with Crippen LogP contribution in [0.5, 0.6) is 0 Å². The van der Waals surface area contributed by atoms with E-state index >= 15 is 0 Å². The number of aryl methyl sites for hydroxylation is 1. The van der Waals surface area contributed by atoms with Crippen molar-refractivity contribution in [3.8, 4) is 0 Å². The summed E-state index contributed by atoms with van der Waals surface area (Å²) in [5.41, 5.74) is 2.45. The van der Waals surface area contributed by atoms with Gasteiger partial charge in [-0.05, 0) is 37.0 Å².